The largest absolute Gasteiger partial charge is 0.508 e. The number of aliphatic hydroxyl groups excluding tert-OH is 3. The molecule has 8 atom stereocenters. The molecule has 258 valence electrons. The summed E-state index contributed by atoms with van der Waals surface area (Å²) in [4.78, 5) is 65.4. The molecule has 0 spiro atoms. The number of nitrogens with one attached hydrogen (secondary N) is 1. The Labute approximate surface area is 272 Å². The lowest BCUT2D eigenvalue weighted by atomic mass is 9.92. The summed E-state index contributed by atoms with van der Waals surface area (Å²) in [6.45, 7) is -0.325. The van der Waals surface area contributed by atoms with E-state index in [4.69, 9.17) is 18.9 Å². The molecule has 1 aromatic carbocycles. The summed E-state index contributed by atoms with van der Waals surface area (Å²) in [7, 11) is 2.59. The predicted octanol–water partition coefficient (Wildman–Crippen LogP) is -3.78. The number of carbonyl (C=O) groups is 5. The number of carboxylic acid groups (broad SMARTS) is 2. The highest BCUT2D eigenvalue weighted by Gasteiger charge is 2.68. The molecule has 5 rings (SSSR count). The molecule has 0 aliphatic carbocycles. The number of tetrazole rings is 1. The standard InChI is InChI=1S/C26H28N6O15S/c1-31-25(28-29-30-31)48-8-10-7-45-24-26(44-2,23(43)32(24)13(10)19(38)39)27-18(37)12(9-3-5-11(33)6-4-9)21(42)47-22-16(36)14(34)15(35)17(46-22)20(40)41/h3-6,12,14-17,22,24,33-36H,7-8H2,1-2H3,(H,27,37)(H,38,39)(H,40,41)/t12?,14?,15?,16?,17?,22?,24-,26+/m1/s1. The molecule has 4 heterocycles. The zero-order valence-corrected chi connectivity index (χ0v) is 25.6. The number of methoxy groups -OCH3 is 1. The number of ether oxygens (including phenoxy) is 4. The van der Waals surface area contributed by atoms with Crippen LogP contribution in [-0.4, -0.2) is 148 Å². The number of carbonyl (C=O) groups excluding carboxylic acids is 3. The third-order valence-corrected chi connectivity index (χ3v) is 8.77. The maximum atomic E-state index is 13.8. The number of carboxylic acids is 2. The van der Waals surface area contributed by atoms with E-state index in [0.29, 0.717) is 5.16 Å². The third kappa shape index (κ3) is 6.05. The first kappa shape index (κ1) is 34.6. The molecular weight excluding hydrogens is 668 g/mol. The normalized spacial score (nSPS) is 29.0. The molecule has 1 aromatic heterocycles. The van der Waals surface area contributed by atoms with Crippen LogP contribution >= 0.6 is 11.8 Å². The van der Waals surface area contributed by atoms with Crippen LogP contribution in [0.5, 0.6) is 5.75 Å². The number of phenols is 1. The van der Waals surface area contributed by atoms with Gasteiger partial charge in [0.15, 0.2) is 18.2 Å². The van der Waals surface area contributed by atoms with Crippen molar-refractivity contribution in [3.63, 3.8) is 0 Å². The van der Waals surface area contributed by atoms with Crippen molar-refractivity contribution in [2.75, 3.05) is 19.5 Å². The number of aromatic nitrogens is 4. The Morgan fingerprint density at radius 3 is 2.40 bits per heavy atom. The number of aliphatic carboxylic acids is 2. The molecule has 2 aromatic rings. The minimum atomic E-state index is -2.35. The van der Waals surface area contributed by atoms with Crippen molar-refractivity contribution in [3.05, 3.63) is 41.1 Å². The number of rotatable bonds is 11. The molecule has 2 fully saturated rings. The second-order valence-electron chi connectivity index (χ2n) is 10.6. The number of thioether (sulfide) groups is 1. The van der Waals surface area contributed by atoms with Crippen LogP contribution in [0.2, 0.25) is 0 Å². The van der Waals surface area contributed by atoms with Gasteiger partial charge in [0, 0.05) is 19.9 Å². The van der Waals surface area contributed by atoms with Gasteiger partial charge >= 0.3 is 17.9 Å². The fourth-order valence-electron chi connectivity index (χ4n) is 5.20. The summed E-state index contributed by atoms with van der Waals surface area (Å²) in [6, 6.07) is 4.51. The first-order chi connectivity index (χ1) is 22.7. The molecule has 2 saturated heterocycles. The minimum absolute atomic E-state index is 0.0109. The Hall–Kier alpha value is -4.71. The van der Waals surface area contributed by atoms with Gasteiger partial charge in [-0.3, -0.25) is 19.3 Å². The van der Waals surface area contributed by atoms with Crippen molar-refractivity contribution in [2.45, 2.75) is 53.7 Å². The lowest BCUT2D eigenvalue weighted by Crippen LogP contribution is -2.82. The number of β-lactam (4-membered cyclic amide) rings is 1. The quantitative estimate of drug-likeness (QED) is 0.0390. The van der Waals surface area contributed by atoms with E-state index in [1.807, 2.05) is 0 Å². The Balaban J connectivity index is 1.40. The first-order valence-electron chi connectivity index (χ1n) is 13.8. The van der Waals surface area contributed by atoms with Crippen molar-refractivity contribution in [1.29, 1.82) is 0 Å². The van der Waals surface area contributed by atoms with E-state index in [2.05, 4.69) is 20.8 Å². The zero-order valence-electron chi connectivity index (χ0n) is 24.8. The summed E-state index contributed by atoms with van der Waals surface area (Å²) in [5.74, 6) is -9.35. The number of benzene rings is 1. The van der Waals surface area contributed by atoms with Gasteiger partial charge < -0.3 is 54.9 Å². The maximum Gasteiger partial charge on any atom is 0.352 e. The van der Waals surface area contributed by atoms with Crippen LogP contribution in [0.15, 0.2) is 40.7 Å². The lowest BCUT2D eigenvalue weighted by molar-refractivity contribution is -0.286. The Bertz CT molecular complexity index is 1650. The monoisotopic (exact) mass is 696 g/mol. The zero-order chi connectivity index (χ0) is 35.1. The Morgan fingerprint density at radius 2 is 1.81 bits per heavy atom. The molecule has 0 bridgehead atoms. The van der Waals surface area contributed by atoms with Gasteiger partial charge in [0.05, 0.1) is 6.61 Å². The molecule has 3 aliphatic heterocycles. The highest BCUT2D eigenvalue weighted by Crippen LogP contribution is 2.42. The number of hydrogen-bond acceptors (Lipinski definition) is 17. The topological polar surface area (TPSA) is 303 Å². The highest BCUT2D eigenvalue weighted by atomic mass is 32.2. The molecule has 0 radical (unpaired) electrons. The van der Waals surface area contributed by atoms with E-state index < -0.39 is 84.0 Å². The second-order valence-corrected chi connectivity index (χ2v) is 11.5. The van der Waals surface area contributed by atoms with Crippen LogP contribution in [0.3, 0.4) is 0 Å². The summed E-state index contributed by atoms with van der Waals surface area (Å²) >= 11 is 1.08. The molecule has 21 nitrogen and oxygen atoms in total. The lowest BCUT2D eigenvalue weighted by Gasteiger charge is -2.55. The van der Waals surface area contributed by atoms with Gasteiger partial charge in [0.25, 0.3) is 11.6 Å². The second kappa shape index (κ2) is 13.4. The number of esters is 1. The van der Waals surface area contributed by atoms with E-state index in [1.165, 1.54) is 4.68 Å². The van der Waals surface area contributed by atoms with Gasteiger partial charge in [0.1, 0.15) is 29.8 Å². The van der Waals surface area contributed by atoms with Crippen LogP contribution in [-0.2, 0) is 50.0 Å². The molecular formula is C26H28N6O15S. The highest BCUT2D eigenvalue weighted by molar-refractivity contribution is 7.99. The summed E-state index contributed by atoms with van der Waals surface area (Å²) in [6.07, 6.45) is -12.2. The van der Waals surface area contributed by atoms with Gasteiger partial charge in [-0.25, -0.2) is 14.3 Å². The van der Waals surface area contributed by atoms with Crippen molar-refractivity contribution >= 4 is 41.5 Å². The summed E-state index contributed by atoms with van der Waals surface area (Å²) in [5, 5.41) is 73.1. The van der Waals surface area contributed by atoms with Gasteiger partial charge in [-0.05, 0) is 33.7 Å². The minimum Gasteiger partial charge on any atom is -0.508 e. The smallest absolute Gasteiger partial charge is 0.352 e. The average Bonchev–Trinajstić information content (AvgIpc) is 3.47. The first-order valence-corrected chi connectivity index (χ1v) is 14.7. The molecule has 48 heavy (non-hydrogen) atoms. The third-order valence-electron chi connectivity index (χ3n) is 7.67. The van der Waals surface area contributed by atoms with Gasteiger partial charge in [-0.2, -0.15) is 0 Å². The van der Waals surface area contributed by atoms with E-state index in [-0.39, 0.29) is 29.2 Å². The maximum absolute atomic E-state index is 13.8. The van der Waals surface area contributed by atoms with Gasteiger partial charge in [-0.1, -0.05) is 23.9 Å². The van der Waals surface area contributed by atoms with Gasteiger partial charge in [0.2, 0.25) is 17.4 Å². The SMILES string of the molecule is CO[C@@]1(NC(=O)C(C(=O)OC2OC(C(=O)O)C(O)C(O)C2O)c2ccc(O)cc2)C(=O)N2C(C(=O)O)=C(CSc3nnnn3C)CO[C@@H]21. The van der Waals surface area contributed by atoms with Gasteiger partial charge in [-0.15, -0.1) is 5.10 Å². The molecule has 2 amide bonds. The summed E-state index contributed by atoms with van der Waals surface area (Å²) < 4.78 is 22.6. The van der Waals surface area contributed by atoms with E-state index in [1.54, 1.807) is 7.05 Å². The molecule has 7 N–H and O–H groups in total. The Kier molecular flexibility index (Phi) is 9.68. The van der Waals surface area contributed by atoms with Crippen molar-refractivity contribution in [3.8, 4) is 5.75 Å². The van der Waals surface area contributed by atoms with E-state index >= 15 is 0 Å². The Morgan fingerprint density at radius 1 is 1.12 bits per heavy atom. The number of aliphatic hydroxyl groups is 3. The average molecular weight is 697 g/mol. The van der Waals surface area contributed by atoms with Crippen molar-refractivity contribution < 1.29 is 73.6 Å². The van der Waals surface area contributed by atoms with E-state index in [0.717, 1.165) is 48.0 Å². The van der Waals surface area contributed by atoms with Crippen LogP contribution < -0.4 is 5.32 Å². The fourth-order valence-corrected chi connectivity index (χ4v) is 6.04. The molecule has 3 aliphatic rings. The predicted molar refractivity (Wildman–Crippen MR) is 150 cm³/mol. The summed E-state index contributed by atoms with van der Waals surface area (Å²) in [5.41, 5.74) is -2.75. The number of phenolic OH excluding ortho intramolecular Hbond substituents is 1. The molecule has 22 heteroatoms. The number of hydrogen-bond donors (Lipinski definition) is 7. The van der Waals surface area contributed by atoms with Crippen LogP contribution in [0, 0.1) is 0 Å². The number of aromatic hydroxyl groups is 1. The fraction of sp³-hybridized carbons (Fsp3) is 0.462. The number of fused-ring (bicyclic) bond motifs is 1. The van der Waals surface area contributed by atoms with Crippen molar-refractivity contribution in [1.82, 2.24) is 30.4 Å². The van der Waals surface area contributed by atoms with E-state index in [9.17, 15) is 54.6 Å². The molecule has 6 unspecified atom stereocenters. The van der Waals surface area contributed by atoms with Crippen molar-refractivity contribution in [2.24, 2.45) is 7.05 Å². The number of amides is 2. The van der Waals surface area contributed by atoms with Crippen LogP contribution in [0.1, 0.15) is 11.5 Å². The van der Waals surface area contributed by atoms with Crippen LogP contribution in [0.25, 0.3) is 0 Å². The van der Waals surface area contributed by atoms with Crippen LogP contribution in [0.4, 0.5) is 0 Å². The number of aryl methyl sites for hydroxylation is 1. The molecule has 0 saturated carbocycles. The number of nitrogens with zero attached hydrogens (tertiary/aromatic N) is 5.